The second-order valence-corrected chi connectivity index (χ2v) is 8.87. The molecule has 0 bridgehead atoms. The van der Waals surface area contributed by atoms with Crippen LogP contribution in [0.25, 0.3) is 0 Å². The van der Waals surface area contributed by atoms with Crippen molar-refractivity contribution >= 4 is 51.4 Å². The van der Waals surface area contributed by atoms with Gasteiger partial charge < -0.3 is 15.0 Å². The minimum Gasteiger partial charge on any atom is -0.378 e. The predicted octanol–water partition coefficient (Wildman–Crippen LogP) is 4.17. The third kappa shape index (κ3) is 5.28. The van der Waals surface area contributed by atoms with E-state index in [4.69, 9.17) is 16.3 Å². The first kappa shape index (κ1) is 21.2. The number of anilines is 2. The van der Waals surface area contributed by atoms with Gasteiger partial charge in [0.1, 0.15) is 0 Å². The van der Waals surface area contributed by atoms with Crippen LogP contribution in [0.2, 0.25) is 5.02 Å². The highest BCUT2D eigenvalue weighted by atomic mass is 35.5. The number of carbonyl (C=O) groups excluding carboxylic acids is 1. The second-order valence-electron chi connectivity index (χ2n) is 5.89. The zero-order chi connectivity index (χ0) is 20.3. The van der Waals surface area contributed by atoms with Crippen LogP contribution >= 0.6 is 34.7 Å². The molecular weight excluding hydrogens is 437 g/mol. The summed E-state index contributed by atoms with van der Waals surface area (Å²) < 4.78 is 45.3. The Bertz CT molecular complexity index is 844. The molecule has 2 heterocycles. The quantitative estimate of drug-likeness (QED) is 0.687. The molecule has 1 aromatic carbocycles. The van der Waals surface area contributed by atoms with E-state index < -0.39 is 22.9 Å². The van der Waals surface area contributed by atoms with E-state index in [0.29, 0.717) is 30.6 Å². The molecule has 1 N–H and O–H groups in total. The van der Waals surface area contributed by atoms with Crippen LogP contribution in [0.3, 0.4) is 0 Å². The van der Waals surface area contributed by atoms with Gasteiger partial charge in [0, 0.05) is 18.1 Å². The fraction of sp³-hybridized carbons (Fsp3) is 0.438. The number of amides is 1. The van der Waals surface area contributed by atoms with E-state index in [1.807, 2.05) is 4.90 Å². The molecule has 1 aliphatic heterocycles. The molecule has 0 spiro atoms. The lowest BCUT2D eigenvalue weighted by Crippen LogP contribution is -2.36. The van der Waals surface area contributed by atoms with Crippen molar-refractivity contribution in [2.24, 2.45) is 0 Å². The number of hydrogen-bond donors (Lipinski definition) is 1. The fourth-order valence-corrected chi connectivity index (χ4v) is 4.64. The molecule has 1 saturated heterocycles. The Hall–Kier alpha value is -1.56. The van der Waals surface area contributed by atoms with E-state index in [1.54, 1.807) is 6.92 Å². The highest BCUT2D eigenvalue weighted by molar-refractivity contribution is 8.02. The number of thioether (sulfide) groups is 1. The van der Waals surface area contributed by atoms with Crippen LogP contribution in [-0.2, 0) is 15.7 Å². The number of nitrogens with zero attached hydrogens (tertiary/aromatic N) is 3. The third-order valence-electron chi connectivity index (χ3n) is 3.87. The molecule has 1 amide bonds. The highest BCUT2D eigenvalue weighted by Crippen LogP contribution is 2.37. The van der Waals surface area contributed by atoms with Crippen molar-refractivity contribution in [1.82, 2.24) is 10.2 Å². The lowest BCUT2D eigenvalue weighted by atomic mass is 10.1. The standard InChI is InChI=1S/C16H16ClF3N4O2S2/c1-9(27-15-23-22-14(28-15)24-4-6-26-7-5-24)13(25)21-12-3-2-10(17)8-11(12)16(18,19)20/h2-3,8-9H,4-7H2,1H3,(H,21,25). The van der Waals surface area contributed by atoms with Gasteiger partial charge in [0.05, 0.1) is 29.7 Å². The number of hydrogen-bond acceptors (Lipinski definition) is 7. The summed E-state index contributed by atoms with van der Waals surface area (Å²) in [5.41, 5.74) is -1.32. The van der Waals surface area contributed by atoms with Gasteiger partial charge in [-0.1, -0.05) is 34.7 Å². The maximum atomic E-state index is 13.2. The summed E-state index contributed by atoms with van der Waals surface area (Å²) in [5, 5.41) is 10.5. The van der Waals surface area contributed by atoms with Crippen molar-refractivity contribution in [2.45, 2.75) is 22.7 Å². The number of ether oxygens (including phenoxy) is 1. The summed E-state index contributed by atoms with van der Waals surface area (Å²) in [4.78, 5) is 14.4. The van der Waals surface area contributed by atoms with E-state index in [0.717, 1.165) is 29.0 Å². The first-order chi connectivity index (χ1) is 13.2. The first-order valence-corrected chi connectivity index (χ1v) is 10.3. The number of morpholine rings is 1. The van der Waals surface area contributed by atoms with Gasteiger partial charge in [-0.25, -0.2) is 0 Å². The summed E-state index contributed by atoms with van der Waals surface area (Å²) in [7, 11) is 0. The van der Waals surface area contributed by atoms with Gasteiger partial charge in [0.25, 0.3) is 0 Å². The smallest absolute Gasteiger partial charge is 0.378 e. The maximum Gasteiger partial charge on any atom is 0.418 e. The van der Waals surface area contributed by atoms with Gasteiger partial charge in [-0.2, -0.15) is 13.2 Å². The molecule has 1 aliphatic rings. The molecule has 1 fully saturated rings. The van der Waals surface area contributed by atoms with E-state index in [-0.39, 0.29) is 10.7 Å². The van der Waals surface area contributed by atoms with E-state index in [9.17, 15) is 18.0 Å². The molecule has 2 aromatic rings. The molecular formula is C16H16ClF3N4O2S2. The maximum absolute atomic E-state index is 13.2. The average Bonchev–Trinajstić information content (AvgIpc) is 3.11. The van der Waals surface area contributed by atoms with Crippen molar-refractivity contribution in [2.75, 3.05) is 36.5 Å². The zero-order valence-electron chi connectivity index (χ0n) is 14.6. The summed E-state index contributed by atoms with van der Waals surface area (Å²) in [6.45, 7) is 4.25. The summed E-state index contributed by atoms with van der Waals surface area (Å²) >= 11 is 8.13. The molecule has 0 aliphatic carbocycles. The van der Waals surface area contributed by atoms with Crippen molar-refractivity contribution in [1.29, 1.82) is 0 Å². The lowest BCUT2D eigenvalue weighted by molar-refractivity contribution is -0.137. The van der Waals surface area contributed by atoms with Gasteiger partial charge in [-0.3, -0.25) is 4.79 Å². The Morgan fingerprint density at radius 1 is 1.36 bits per heavy atom. The minimum absolute atomic E-state index is 0.0581. The van der Waals surface area contributed by atoms with Crippen LogP contribution in [0.15, 0.2) is 22.5 Å². The fourth-order valence-electron chi connectivity index (χ4n) is 2.43. The topological polar surface area (TPSA) is 67.3 Å². The average molecular weight is 453 g/mol. The number of benzene rings is 1. The van der Waals surface area contributed by atoms with Crippen LogP contribution in [-0.4, -0.2) is 47.7 Å². The van der Waals surface area contributed by atoms with Gasteiger partial charge in [0.2, 0.25) is 11.0 Å². The van der Waals surface area contributed by atoms with Crippen LogP contribution in [0, 0.1) is 0 Å². The number of alkyl halides is 3. The van der Waals surface area contributed by atoms with Crippen LogP contribution in [0.1, 0.15) is 12.5 Å². The molecule has 0 saturated carbocycles. The highest BCUT2D eigenvalue weighted by Gasteiger charge is 2.34. The summed E-state index contributed by atoms with van der Waals surface area (Å²) in [6.07, 6.45) is -4.63. The summed E-state index contributed by atoms with van der Waals surface area (Å²) in [6, 6.07) is 3.22. The Kier molecular flexibility index (Phi) is 6.69. The summed E-state index contributed by atoms with van der Waals surface area (Å²) in [5.74, 6) is -0.569. The molecule has 28 heavy (non-hydrogen) atoms. The second kappa shape index (κ2) is 8.85. The molecule has 1 aromatic heterocycles. The van der Waals surface area contributed by atoms with Crippen LogP contribution in [0.4, 0.5) is 24.0 Å². The number of aromatic nitrogens is 2. The first-order valence-electron chi connectivity index (χ1n) is 8.24. The molecule has 3 rings (SSSR count). The van der Waals surface area contributed by atoms with Crippen molar-refractivity contribution in [3.05, 3.63) is 28.8 Å². The molecule has 1 atom stereocenters. The minimum atomic E-state index is -4.63. The van der Waals surface area contributed by atoms with Gasteiger partial charge in [0.15, 0.2) is 4.34 Å². The van der Waals surface area contributed by atoms with Crippen molar-refractivity contribution in [3.63, 3.8) is 0 Å². The number of carbonyl (C=O) groups is 1. The van der Waals surface area contributed by atoms with Crippen molar-refractivity contribution < 1.29 is 22.7 Å². The Labute approximate surface area is 172 Å². The lowest BCUT2D eigenvalue weighted by Gasteiger charge is -2.25. The third-order valence-corrected chi connectivity index (χ3v) is 6.27. The Morgan fingerprint density at radius 2 is 2.07 bits per heavy atom. The molecule has 6 nitrogen and oxygen atoms in total. The monoisotopic (exact) mass is 452 g/mol. The SMILES string of the molecule is CC(Sc1nnc(N2CCOCC2)s1)C(=O)Nc1ccc(Cl)cc1C(F)(F)F. The Balaban J connectivity index is 1.65. The van der Waals surface area contributed by atoms with E-state index in [2.05, 4.69) is 15.5 Å². The number of rotatable bonds is 5. The molecule has 0 radical (unpaired) electrons. The number of halogens is 4. The van der Waals surface area contributed by atoms with Crippen LogP contribution in [0.5, 0.6) is 0 Å². The zero-order valence-corrected chi connectivity index (χ0v) is 17.0. The van der Waals surface area contributed by atoms with E-state index >= 15 is 0 Å². The van der Waals surface area contributed by atoms with E-state index in [1.165, 1.54) is 17.4 Å². The number of nitrogens with one attached hydrogen (secondary N) is 1. The largest absolute Gasteiger partial charge is 0.418 e. The van der Waals surface area contributed by atoms with Gasteiger partial charge in [-0.15, -0.1) is 10.2 Å². The predicted molar refractivity (Wildman–Crippen MR) is 103 cm³/mol. The Morgan fingerprint density at radius 3 is 2.75 bits per heavy atom. The normalized spacial score (nSPS) is 16.1. The van der Waals surface area contributed by atoms with Gasteiger partial charge in [-0.05, 0) is 25.1 Å². The molecule has 12 heteroatoms. The molecule has 152 valence electrons. The van der Waals surface area contributed by atoms with Crippen molar-refractivity contribution in [3.8, 4) is 0 Å². The van der Waals surface area contributed by atoms with Gasteiger partial charge >= 0.3 is 6.18 Å². The molecule has 1 unspecified atom stereocenters. The van der Waals surface area contributed by atoms with Crippen LogP contribution < -0.4 is 10.2 Å².